The van der Waals surface area contributed by atoms with Crippen LogP contribution in [-0.4, -0.2) is 30.1 Å². The molecule has 2 bridgehead atoms. The summed E-state index contributed by atoms with van der Waals surface area (Å²) in [7, 11) is 0. The van der Waals surface area contributed by atoms with E-state index >= 15 is 0 Å². The van der Waals surface area contributed by atoms with Crippen LogP contribution >= 0.6 is 0 Å². The third-order valence-electron chi connectivity index (χ3n) is 3.76. The number of anilines is 1. The molecule has 3 rings (SSSR count). The maximum absolute atomic E-state index is 10.7. The minimum absolute atomic E-state index is 0.175. The number of non-ortho nitro benzene ring substituents is 1. The molecule has 90 valence electrons. The van der Waals surface area contributed by atoms with E-state index in [0.717, 1.165) is 24.3 Å². The van der Waals surface area contributed by atoms with Crippen molar-refractivity contribution in [3.8, 4) is 0 Å². The van der Waals surface area contributed by atoms with Crippen LogP contribution in [0.3, 0.4) is 0 Å². The van der Waals surface area contributed by atoms with Crippen molar-refractivity contribution in [2.24, 2.45) is 0 Å². The molecule has 2 fully saturated rings. The van der Waals surface area contributed by atoms with E-state index in [0.29, 0.717) is 12.1 Å². The molecule has 0 aromatic heterocycles. The highest BCUT2D eigenvalue weighted by molar-refractivity contribution is 5.59. The molecule has 2 heterocycles. The fourth-order valence-electron chi connectivity index (χ4n) is 2.93. The number of aryl methyl sites for hydroxylation is 1. The standard InChI is InChI=1S/C12H15N3O2/c1-8-4-10(15(16)17)2-3-12(8)14-7-9-5-11(14)6-13-9/h2-4,9,11,13H,5-7H2,1H3. The topological polar surface area (TPSA) is 58.4 Å². The Kier molecular flexibility index (Phi) is 2.29. The van der Waals surface area contributed by atoms with Gasteiger partial charge in [-0.2, -0.15) is 0 Å². The Morgan fingerprint density at radius 2 is 2.35 bits per heavy atom. The number of nitro benzene ring substituents is 1. The first-order chi connectivity index (χ1) is 8.15. The molecular formula is C12H15N3O2. The molecule has 2 aliphatic rings. The molecular weight excluding hydrogens is 218 g/mol. The Morgan fingerprint density at radius 1 is 1.53 bits per heavy atom. The molecule has 1 aromatic carbocycles. The fraction of sp³-hybridized carbons (Fsp3) is 0.500. The highest BCUT2D eigenvalue weighted by atomic mass is 16.6. The lowest BCUT2D eigenvalue weighted by molar-refractivity contribution is -0.384. The normalized spacial score (nSPS) is 26.5. The van der Waals surface area contributed by atoms with Crippen LogP contribution in [0, 0.1) is 17.0 Å². The smallest absolute Gasteiger partial charge is 0.269 e. The Morgan fingerprint density at radius 3 is 2.88 bits per heavy atom. The van der Waals surface area contributed by atoms with Gasteiger partial charge in [0.15, 0.2) is 0 Å². The van der Waals surface area contributed by atoms with E-state index in [2.05, 4.69) is 10.2 Å². The summed E-state index contributed by atoms with van der Waals surface area (Å²) in [6.07, 6.45) is 1.19. The van der Waals surface area contributed by atoms with Crippen molar-refractivity contribution in [2.45, 2.75) is 25.4 Å². The second-order valence-electron chi connectivity index (χ2n) is 4.87. The van der Waals surface area contributed by atoms with E-state index in [9.17, 15) is 10.1 Å². The monoisotopic (exact) mass is 233 g/mol. The quantitative estimate of drug-likeness (QED) is 0.620. The van der Waals surface area contributed by atoms with Gasteiger partial charge in [-0.3, -0.25) is 10.1 Å². The van der Waals surface area contributed by atoms with Gasteiger partial charge >= 0.3 is 0 Å². The number of fused-ring (bicyclic) bond motifs is 2. The van der Waals surface area contributed by atoms with Gasteiger partial charge in [0.05, 0.1) is 4.92 Å². The summed E-state index contributed by atoms with van der Waals surface area (Å²) in [5.41, 5.74) is 2.31. The minimum atomic E-state index is -0.339. The summed E-state index contributed by atoms with van der Waals surface area (Å²) < 4.78 is 0. The van der Waals surface area contributed by atoms with Gasteiger partial charge in [-0.15, -0.1) is 0 Å². The number of nitrogens with zero attached hydrogens (tertiary/aromatic N) is 2. The molecule has 1 N–H and O–H groups in total. The number of nitro groups is 1. The molecule has 2 atom stereocenters. The van der Waals surface area contributed by atoms with Crippen LogP contribution < -0.4 is 10.2 Å². The van der Waals surface area contributed by atoms with E-state index in [1.54, 1.807) is 12.1 Å². The first-order valence-electron chi connectivity index (χ1n) is 5.90. The zero-order valence-corrected chi connectivity index (χ0v) is 9.72. The summed E-state index contributed by atoms with van der Waals surface area (Å²) >= 11 is 0. The maximum atomic E-state index is 10.7. The van der Waals surface area contributed by atoms with E-state index < -0.39 is 0 Å². The predicted octanol–water partition coefficient (Wildman–Crippen LogP) is 1.45. The molecule has 0 saturated carbocycles. The van der Waals surface area contributed by atoms with Gasteiger partial charge in [-0.25, -0.2) is 0 Å². The van der Waals surface area contributed by atoms with Crippen LogP contribution in [0.25, 0.3) is 0 Å². The zero-order valence-electron chi connectivity index (χ0n) is 9.72. The Hall–Kier alpha value is -1.62. The third-order valence-corrected chi connectivity index (χ3v) is 3.76. The lowest BCUT2D eigenvalue weighted by atomic mass is 10.1. The molecule has 0 aliphatic carbocycles. The third kappa shape index (κ3) is 1.67. The van der Waals surface area contributed by atoms with Gasteiger partial charge < -0.3 is 10.2 Å². The van der Waals surface area contributed by atoms with Crippen molar-refractivity contribution in [3.63, 3.8) is 0 Å². The van der Waals surface area contributed by atoms with Crippen LogP contribution in [0.5, 0.6) is 0 Å². The van der Waals surface area contributed by atoms with Crippen LogP contribution in [0.15, 0.2) is 18.2 Å². The van der Waals surface area contributed by atoms with Crippen molar-refractivity contribution in [1.29, 1.82) is 0 Å². The molecule has 2 unspecified atom stereocenters. The first-order valence-corrected chi connectivity index (χ1v) is 5.90. The molecule has 5 nitrogen and oxygen atoms in total. The number of nitrogens with one attached hydrogen (secondary N) is 1. The Labute approximate surface area is 99.6 Å². The van der Waals surface area contributed by atoms with Crippen molar-refractivity contribution in [3.05, 3.63) is 33.9 Å². The number of hydrogen-bond acceptors (Lipinski definition) is 4. The molecule has 17 heavy (non-hydrogen) atoms. The van der Waals surface area contributed by atoms with Crippen molar-refractivity contribution in [1.82, 2.24) is 5.32 Å². The summed E-state index contributed by atoms with van der Waals surface area (Å²) in [5, 5.41) is 14.2. The largest absolute Gasteiger partial charge is 0.365 e. The Bertz CT molecular complexity index is 475. The average Bonchev–Trinajstić information content (AvgIpc) is 2.90. The van der Waals surface area contributed by atoms with Crippen molar-refractivity contribution >= 4 is 11.4 Å². The fourth-order valence-corrected chi connectivity index (χ4v) is 2.93. The number of rotatable bonds is 2. The van der Waals surface area contributed by atoms with Crippen molar-refractivity contribution in [2.75, 3.05) is 18.0 Å². The van der Waals surface area contributed by atoms with Crippen LogP contribution in [0.2, 0.25) is 0 Å². The second-order valence-corrected chi connectivity index (χ2v) is 4.87. The molecule has 0 spiro atoms. The molecule has 0 amide bonds. The predicted molar refractivity (Wildman–Crippen MR) is 65.4 cm³/mol. The first kappa shape index (κ1) is 10.5. The van der Waals surface area contributed by atoms with Crippen LogP contribution in [0.4, 0.5) is 11.4 Å². The molecule has 0 radical (unpaired) electrons. The van der Waals surface area contributed by atoms with E-state index in [1.165, 1.54) is 6.42 Å². The van der Waals surface area contributed by atoms with Crippen LogP contribution in [-0.2, 0) is 0 Å². The maximum Gasteiger partial charge on any atom is 0.269 e. The number of benzene rings is 1. The number of hydrogen-bond donors (Lipinski definition) is 1. The molecule has 2 saturated heterocycles. The van der Waals surface area contributed by atoms with E-state index in [4.69, 9.17) is 0 Å². The van der Waals surface area contributed by atoms with E-state index in [-0.39, 0.29) is 10.6 Å². The Balaban J connectivity index is 1.91. The van der Waals surface area contributed by atoms with Crippen molar-refractivity contribution < 1.29 is 4.92 Å². The highest BCUT2D eigenvalue weighted by Crippen LogP contribution is 2.33. The lowest BCUT2D eigenvalue weighted by Gasteiger charge is -2.30. The summed E-state index contributed by atoms with van der Waals surface area (Å²) in [4.78, 5) is 12.7. The zero-order chi connectivity index (χ0) is 12.0. The second kappa shape index (κ2) is 3.70. The minimum Gasteiger partial charge on any atom is -0.365 e. The van der Waals surface area contributed by atoms with Gasteiger partial charge in [0.25, 0.3) is 5.69 Å². The van der Waals surface area contributed by atoms with Crippen LogP contribution in [0.1, 0.15) is 12.0 Å². The van der Waals surface area contributed by atoms with Gasteiger partial charge in [0, 0.05) is 43.0 Å². The summed E-state index contributed by atoms with van der Waals surface area (Å²) in [5.74, 6) is 0. The summed E-state index contributed by atoms with van der Waals surface area (Å²) in [6.45, 7) is 3.99. The molecule has 5 heteroatoms. The van der Waals surface area contributed by atoms with E-state index in [1.807, 2.05) is 13.0 Å². The van der Waals surface area contributed by atoms with Gasteiger partial charge in [0.2, 0.25) is 0 Å². The average molecular weight is 233 g/mol. The van der Waals surface area contributed by atoms with Gasteiger partial charge in [-0.1, -0.05) is 0 Å². The molecule has 1 aromatic rings. The highest BCUT2D eigenvalue weighted by Gasteiger charge is 2.38. The SMILES string of the molecule is Cc1cc([N+](=O)[O-])ccc1N1CC2CC1CN2. The lowest BCUT2D eigenvalue weighted by Crippen LogP contribution is -2.43. The van der Waals surface area contributed by atoms with Gasteiger partial charge in [-0.05, 0) is 25.0 Å². The van der Waals surface area contributed by atoms with Gasteiger partial charge in [0.1, 0.15) is 0 Å². The molecule has 2 aliphatic heterocycles. The summed E-state index contributed by atoms with van der Waals surface area (Å²) in [6, 6.07) is 6.29. The number of piperazine rings is 1.